The van der Waals surface area contributed by atoms with E-state index in [2.05, 4.69) is 10.5 Å². The van der Waals surface area contributed by atoms with Gasteiger partial charge in [-0.15, -0.1) is 11.8 Å². The number of hydroxylamine groups is 1. The predicted molar refractivity (Wildman–Crippen MR) is 88.1 cm³/mol. The summed E-state index contributed by atoms with van der Waals surface area (Å²) in [4.78, 5) is 35.2. The SMILES string of the molecule is CONC1=NC[C@@H](SC2=C(C(=O)O)N3C(=O)[C@H](C(C)O)[C@H]3[C@H]2C)C1. The largest absolute Gasteiger partial charge is 0.477 e. The Kier molecular flexibility index (Phi) is 4.58. The van der Waals surface area contributed by atoms with Crippen molar-refractivity contribution in [1.29, 1.82) is 0 Å². The predicted octanol–water partition coefficient (Wildman–Crippen LogP) is 0.195. The number of fused-ring (bicyclic) bond motifs is 1. The Balaban J connectivity index is 1.79. The Morgan fingerprint density at radius 1 is 1.54 bits per heavy atom. The van der Waals surface area contributed by atoms with Crippen molar-refractivity contribution in [3.8, 4) is 0 Å². The zero-order valence-electron chi connectivity index (χ0n) is 13.7. The quantitative estimate of drug-likeness (QED) is 0.477. The number of amides is 1. The highest BCUT2D eigenvalue weighted by atomic mass is 32.2. The van der Waals surface area contributed by atoms with E-state index in [1.165, 1.54) is 23.8 Å². The Hall–Kier alpha value is -1.58. The summed E-state index contributed by atoms with van der Waals surface area (Å²) in [6, 6.07) is -0.273. The molecule has 3 heterocycles. The topological polar surface area (TPSA) is 111 Å². The number of aliphatic imine (C=N–C) groups is 1. The number of carboxylic acids is 1. The molecule has 0 aromatic carbocycles. The van der Waals surface area contributed by atoms with Gasteiger partial charge in [0.2, 0.25) is 5.91 Å². The molecule has 0 saturated carbocycles. The Morgan fingerprint density at radius 3 is 2.83 bits per heavy atom. The van der Waals surface area contributed by atoms with Crippen LogP contribution in [-0.4, -0.2) is 63.9 Å². The van der Waals surface area contributed by atoms with E-state index in [9.17, 15) is 19.8 Å². The third kappa shape index (κ3) is 2.60. The number of aliphatic carboxylic acids is 1. The maximum Gasteiger partial charge on any atom is 0.353 e. The second kappa shape index (κ2) is 6.38. The molecule has 3 N–H and O–H groups in total. The van der Waals surface area contributed by atoms with E-state index in [1.807, 2.05) is 6.92 Å². The fraction of sp³-hybridized carbons (Fsp3) is 0.667. The standard InChI is InChI=1S/C15H21N3O5S/c1-6-11-10(7(2)19)14(20)18(11)12(15(21)22)13(6)24-8-4-9(16-5-8)17-23-3/h6-8,10-11,19H,4-5H2,1-3H3,(H,16,17)(H,21,22)/t6-,7?,8+,10-,11-/m1/s1. The van der Waals surface area contributed by atoms with Gasteiger partial charge < -0.3 is 15.1 Å². The molecule has 8 nitrogen and oxygen atoms in total. The molecule has 3 rings (SSSR count). The minimum atomic E-state index is -1.10. The van der Waals surface area contributed by atoms with Crippen LogP contribution in [0, 0.1) is 11.8 Å². The van der Waals surface area contributed by atoms with Crippen molar-refractivity contribution < 1.29 is 24.6 Å². The van der Waals surface area contributed by atoms with E-state index < -0.39 is 18.0 Å². The van der Waals surface area contributed by atoms with Crippen LogP contribution >= 0.6 is 11.8 Å². The van der Waals surface area contributed by atoms with Crippen LogP contribution in [0.15, 0.2) is 15.6 Å². The van der Waals surface area contributed by atoms with Crippen molar-refractivity contribution in [3.05, 3.63) is 10.6 Å². The van der Waals surface area contributed by atoms with Gasteiger partial charge >= 0.3 is 5.97 Å². The first kappa shape index (κ1) is 17.2. The zero-order valence-corrected chi connectivity index (χ0v) is 14.5. The molecule has 0 radical (unpaired) electrons. The summed E-state index contributed by atoms with van der Waals surface area (Å²) < 4.78 is 0. The number of nitrogens with zero attached hydrogens (tertiary/aromatic N) is 2. The van der Waals surface area contributed by atoms with Crippen LogP contribution in [0.3, 0.4) is 0 Å². The van der Waals surface area contributed by atoms with Crippen LogP contribution in [0.1, 0.15) is 20.3 Å². The lowest BCUT2D eigenvalue weighted by atomic mass is 9.79. The van der Waals surface area contributed by atoms with Gasteiger partial charge in [-0.25, -0.2) is 4.79 Å². The van der Waals surface area contributed by atoms with Gasteiger partial charge in [0.25, 0.3) is 0 Å². The highest BCUT2D eigenvalue weighted by molar-refractivity contribution is 8.03. The number of hydrogen-bond donors (Lipinski definition) is 3. The van der Waals surface area contributed by atoms with Crippen molar-refractivity contribution in [3.63, 3.8) is 0 Å². The van der Waals surface area contributed by atoms with Gasteiger partial charge in [0.15, 0.2) is 0 Å². The number of aliphatic hydroxyl groups excluding tert-OH is 1. The number of rotatable bonds is 5. The van der Waals surface area contributed by atoms with Crippen molar-refractivity contribution >= 4 is 29.5 Å². The molecule has 5 atom stereocenters. The first-order valence-corrected chi connectivity index (χ1v) is 8.72. The van der Waals surface area contributed by atoms with Gasteiger partial charge in [0.05, 0.1) is 31.7 Å². The van der Waals surface area contributed by atoms with Gasteiger partial charge in [-0.1, -0.05) is 6.92 Å². The van der Waals surface area contributed by atoms with E-state index in [4.69, 9.17) is 4.84 Å². The molecule has 9 heteroatoms. The van der Waals surface area contributed by atoms with Crippen LogP contribution in [0.4, 0.5) is 0 Å². The lowest BCUT2D eigenvalue weighted by Crippen LogP contribution is -2.63. The molecule has 132 valence electrons. The van der Waals surface area contributed by atoms with Gasteiger partial charge in [-0.3, -0.25) is 20.1 Å². The summed E-state index contributed by atoms with van der Waals surface area (Å²) in [7, 11) is 1.51. The average molecular weight is 355 g/mol. The van der Waals surface area contributed by atoms with Gasteiger partial charge in [0, 0.05) is 22.5 Å². The monoisotopic (exact) mass is 355 g/mol. The molecule has 3 aliphatic rings. The van der Waals surface area contributed by atoms with E-state index in [-0.39, 0.29) is 28.8 Å². The van der Waals surface area contributed by atoms with E-state index in [0.717, 1.165) is 5.84 Å². The average Bonchev–Trinajstić information content (AvgIpc) is 3.02. The second-order valence-electron chi connectivity index (χ2n) is 6.31. The number of hydrogen-bond acceptors (Lipinski definition) is 7. The smallest absolute Gasteiger partial charge is 0.353 e. The number of β-lactam (4-membered cyclic amide) rings is 1. The van der Waals surface area contributed by atoms with Crippen molar-refractivity contribution in [2.24, 2.45) is 16.8 Å². The molecule has 24 heavy (non-hydrogen) atoms. The molecule has 1 amide bonds. The van der Waals surface area contributed by atoms with Crippen molar-refractivity contribution in [2.45, 2.75) is 37.7 Å². The molecule has 1 fully saturated rings. The summed E-state index contributed by atoms with van der Waals surface area (Å²) in [6.07, 6.45) is -0.131. The molecule has 0 spiro atoms. The fourth-order valence-electron chi connectivity index (χ4n) is 3.69. The third-order valence-corrected chi connectivity index (χ3v) is 6.20. The first-order chi connectivity index (χ1) is 11.4. The number of carbonyl (C=O) groups is 2. The second-order valence-corrected chi connectivity index (χ2v) is 7.65. The molecule has 1 saturated heterocycles. The molecule has 0 aliphatic carbocycles. The zero-order chi connectivity index (χ0) is 17.6. The Morgan fingerprint density at radius 2 is 2.25 bits per heavy atom. The maximum atomic E-state index is 12.3. The van der Waals surface area contributed by atoms with Crippen LogP contribution in [0.25, 0.3) is 0 Å². The molecule has 0 aromatic rings. The summed E-state index contributed by atoms with van der Waals surface area (Å²) in [5.41, 5.74) is 2.77. The summed E-state index contributed by atoms with van der Waals surface area (Å²) >= 11 is 1.47. The number of thioether (sulfide) groups is 1. The maximum absolute atomic E-state index is 12.3. The number of nitrogens with one attached hydrogen (secondary N) is 1. The normalized spacial score (nSPS) is 33.2. The Labute approximate surface area is 143 Å². The Bertz CT molecular complexity index is 633. The number of carbonyl (C=O) groups excluding carboxylic acids is 1. The lowest BCUT2D eigenvalue weighted by Gasteiger charge is -2.46. The summed E-state index contributed by atoms with van der Waals surface area (Å²) in [5.74, 6) is -1.31. The highest BCUT2D eigenvalue weighted by Gasteiger charge is 2.60. The van der Waals surface area contributed by atoms with Crippen LogP contribution < -0.4 is 5.48 Å². The minimum Gasteiger partial charge on any atom is -0.477 e. The van der Waals surface area contributed by atoms with Gasteiger partial charge in [-0.2, -0.15) is 0 Å². The van der Waals surface area contributed by atoms with Crippen LogP contribution in [0.2, 0.25) is 0 Å². The number of carboxylic acid groups (broad SMARTS) is 1. The fourth-order valence-corrected chi connectivity index (χ4v) is 5.09. The van der Waals surface area contributed by atoms with Crippen molar-refractivity contribution in [2.75, 3.05) is 13.7 Å². The molecule has 3 aliphatic heterocycles. The molecular weight excluding hydrogens is 334 g/mol. The van der Waals surface area contributed by atoms with E-state index >= 15 is 0 Å². The highest BCUT2D eigenvalue weighted by Crippen LogP contribution is 2.51. The van der Waals surface area contributed by atoms with E-state index in [1.54, 1.807) is 6.92 Å². The molecule has 0 bridgehead atoms. The van der Waals surface area contributed by atoms with Crippen LogP contribution in [0.5, 0.6) is 0 Å². The van der Waals surface area contributed by atoms with Crippen molar-refractivity contribution in [1.82, 2.24) is 10.4 Å². The molecular formula is C15H21N3O5S. The van der Waals surface area contributed by atoms with Gasteiger partial charge in [-0.05, 0) is 6.92 Å². The van der Waals surface area contributed by atoms with Gasteiger partial charge in [0.1, 0.15) is 11.5 Å². The number of aliphatic hydroxyl groups is 1. The summed E-state index contributed by atoms with van der Waals surface area (Å²) in [6.45, 7) is 4.06. The molecule has 0 aromatic heterocycles. The number of amidine groups is 1. The third-order valence-electron chi connectivity index (χ3n) is 4.73. The minimum absolute atomic E-state index is 0.0625. The van der Waals surface area contributed by atoms with E-state index in [0.29, 0.717) is 17.9 Å². The summed E-state index contributed by atoms with van der Waals surface area (Å²) in [5, 5.41) is 19.5. The lowest BCUT2D eigenvalue weighted by molar-refractivity contribution is -0.163. The first-order valence-electron chi connectivity index (χ1n) is 7.84. The van der Waals surface area contributed by atoms with Crippen LogP contribution in [-0.2, 0) is 14.4 Å². The molecule has 1 unspecified atom stereocenters.